The molecule has 0 amide bonds. The number of aromatic nitrogens is 5. The largest absolute Gasteiger partial charge is 0.295 e. The second kappa shape index (κ2) is 6.21. The summed E-state index contributed by atoms with van der Waals surface area (Å²) in [4.78, 5) is 17.5. The van der Waals surface area contributed by atoms with Gasteiger partial charge in [-0.05, 0) is 30.2 Å². The summed E-state index contributed by atoms with van der Waals surface area (Å²) in [6.07, 6.45) is 4.79. The van der Waals surface area contributed by atoms with Gasteiger partial charge >= 0.3 is 0 Å². The van der Waals surface area contributed by atoms with Crippen LogP contribution in [0.2, 0.25) is 0 Å². The van der Waals surface area contributed by atoms with Crippen LogP contribution in [0.5, 0.6) is 0 Å². The van der Waals surface area contributed by atoms with E-state index in [1.807, 2.05) is 19.9 Å². The Labute approximate surface area is 153 Å². The third-order valence-electron chi connectivity index (χ3n) is 4.34. The van der Waals surface area contributed by atoms with Crippen molar-refractivity contribution < 1.29 is 4.39 Å². The average molecular weight is 362 g/mol. The van der Waals surface area contributed by atoms with Crippen LogP contribution in [0, 0.1) is 17.1 Å². The van der Waals surface area contributed by atoms with E-state index in [4.69, 9.17) is 0 Å². The molecule has 3 heterocycles. The van der Waals surface area contributed by atoms with Crippen molar-refractivity contribution in [1.82, 2.24) is 24.4 Å². The molecule has 134 valence electrons. The second-order valence-corrected chi connectivity index (χ2v) is 6.44. The van der Waals surface area contributed by atoms with E-state index in [-0.39, 0.29) is 28.5 Å². The molecule has 7 nitrogen and oxygen atoms in total. The number of hydrogen-bond donors (Lipinski definition) is 1. The van der Waals surface area contributed by atoms with Crippen LogP contribution in [0.15, 0.2) is 47.7 Å². The molecule has 3 aromatic heterocycles. The van der Waals surface area contributed by atoms with Crippen molar-refractivity contribution in [3.8, 4) is 23.0 Å². The smallest absolute Gasteiger partial charge is 0.276 e. The fourth-order valence-corrected chi connectivity index (χ4v) is 3.03. The first kappa shape index (κ1) is 16.7. The quantitative estimate of drug-likeness (QED) is 0.606. The minimum absolute atomic E-state index is 0.0834. The Hall–Kier alpha value is -3.73. The van der Waals surface area contributed by atoms with Crippen LogP contribution in [-0.2, 0) is 0 Å². The molecule has 0 unspecified atom stereocenters. The van der Waals surface area contributed by atoms with Gasteiger partial charge in [-0.15, -0.1) is 0 Å². The third kappa shape index (κ3) is 2.69. The summed E-state index contributed by atoms with van der Waals surface area (Å²) in [7, 11) is 0. The highest BCUT2D eigenvalue weighted by Crippen LogP contribution is 2.26. The SMILES string of the molecule is CC(C)c1c(-c2cnn(-c3ccc(F)cc3)c2)nc2c(C#N)c[nH]n2c1=O. The van der Waals surface area contributed by atoms with Crippen molar-refractivity contribution in [2.24, 2.45) is 0 Å². The number of hydrogen-bond acceptors (Lipinski definition) is 4. The fourth-order valence-electron chi connectivity index (χ4n) is 3.03. The van der Waals surface area contributed by atoms with Gasteiger partial charge in [-0.3, -0.25) is 9.89 Å². The molecule has 0 saturated heterocycles. The van der Waals surface area contributed by atoms with E-state index >= 15 is 0 Å². The summed E-state index contributed by atoms with van der Waals surface area (Å²) in [6.45, 7) is 3.82. The summed E-state index contributed by atoms with van der Waals surface area (Å²) < 4.78 is 16.0. The molecule has 0 aliphatic carbocycles. The number of nitrogens with one attached hydrogen (secondary N) is 1. The van der Waals surface area contributed by atoms with Crippen LogP contribution in [-0.4, -0.2) is 24.4 Å². The normalized spacial score (nSPS) is 11.2. The van der Waals surface area contributed by atoms with Crippen molar-refractivity contribution in [2.45, 2.75) is 19.8 Å². The van der Waals surface area contributed by atoms with Gasteiger partial charge in [0.15, 0.2) is 5.65 Å². The van der Waals surface area contributed by atoms with E-state index in [1.54, 1.807) is 29.2 Å². The lowest BCUT2D eigenvalue weighted by Gasteiger charge is -2.10. The highest BCUT2D eigenvalue weighted by atomic mass is 19.1. The van der Waals surface area contributed by atoms with Gasteiger partial charge in [-0.25, -0.2) is 18.6 Å². The van der Waals surface area contributed by atoms with Gasteiger partial charge in [-0.1, -0.05) is 13.8 Å². The molecule has 0 radical (unpaired) electrons. The van der Waals surface area contributed by atoms with E-state index in [0.717, 1.165) is 0 Å². The van der Waals surface area contributed by atoms with E-state index in [2.05, 4.69) is 15.2 Å². The molecular formula is C19H15FN6O. The lowest BCUT2D eigenvalue weighted by atomic mass is 10.00. The van der Waals surface area contributed by atoms with Gasteiger partial charge in [0.25, 0.3) is 5.56 Å². The molecular weight excluding hydrogens is 347 g/mol. The number of nitrogens with zero attached hydrogens (tertiary/aromatic N) is 5. The highest BCUT2D eigenvalue weighted by Gasteiger charge is 2.20. The van der Waals surface area contributed by atoms with E-state index in [1.165, 1.54) is 22.8 Å². The molecule has 4 rings (SSSR count). The zero-order valence-corrected chi connectivity index (χ0v) is 14.6. The maximum absolute atomic E-state index is 13.1. The first-order chi connectivity index (χ1) is 13.0. The van der Waals surface area contributed by atoms with E-state index in [0.29, 0.717) is 22.5 Å². The summed E-state index contributed by atoms with van der Waals surface area (Å²) >= 11 is 0. The van der Waals surface area contributed by atoms with Gasteiger partial charge in [0.2, 0.25) is 0 Å². The second-order valence-electron chi connectivity index (χ2n) is 6.44. The van der Waals surface area contributed by atoms with E-state index in [9.17, 15) is 14.4 Å². The highest BCUT2D eigenvalue weighted by molar-refractivity contribution is 5.67. The molecule has 0 aliphatic rings. The topological polar surface area (TPSA) is 91.8 Å². The molecule has 0 aliphatic heterocycles. The number of nitriles is 1. The number of halogens is 1. The standard InChI is InChI=1S/C19H15FN6O/c1-11(2)16-17(24-18-12(7-21)8-23-26(18)19(16)27)13-9-22-25(10-13)15-5-3-14(20)4-6-15/h3-6,8-11,23H,1-2H3. The summed E-state index contributed by atoms with van der Waals surface area (Å²) in [6, 6.07) is 7.96. The molecule has 1 aromatic carbocycles. The van der Waals surface area contributed by atoms with Crippen molar-refractivity contribution in [3.05, 3.63) is 70.2 Å². The zero-order valence-electron chi connectivity index (χ0n) is 14.6. The zero-order chi connectivity index (χ0) is 19.1. The number of fused-ring (bicyclic) bond motifs is 1. The van der Waals surface area contributed by atoms with E-state index < -0.39 is 0 Å². The summed E-state index contributed by atoms with van der Waals surface area (Å²) in [5.74, 6) is -0.412. The monoisotopic (exact) mass is 362 g/mol. The molecule has 8 heteroatoms. The van der Waals surface area contributed by atoms with Crippen LogP contribution in [0.25, 0.3) is 22.6 Å². The fraction of sp³-hybridized carbons (Fsp3) is 0.158. The summed E-state index contributed by atoms with van der Waals surface area (Å²) in [5, 5.41) is 16.3. The Kier molecular flexibility index (Phi) is 3.85. The maximum Gasteiger partial charge on any atom is 0.276 e. The van der Waals surface area contributed by atoms with Crippen molar-refractivity contribution in [2.75, 3.05) is 0 Å². The predicted molar refractivity (Wildman–Crippen MR) is 97.1 cm³/mol. The molecule has 0 fully saturated rings. The van der Waals surface area contributed by atoms with Crippen molar-refractivity contribution in [3.63, 3.8) is 0 Å². The first-order valence-electron chi connectivity index (χ1n) is 8.34. The van der Waals surface area contributed by atoms with Crippen LogP contribution in [0.1, 0.15) is 30.9 Å². The molecule has 27 heavy (non-hydrogen) atoms. The van der Waals surface area contributed by atoms with Gasteiger partial charge < -0.3 is 0 Å². The van der Waals surface area contributed by atoms with Gasteiger partial charge in [-0.2, -0.15) is 10.4 Å². The van der Waals surface area contributed by atoms with Crippen LogP contribution >= 0.6 is 0 Å². The Morgan fingerprint density at radius 1 is 1.26 bits per heavy atom. The van der Waals surface area contributed by atoms with Crippen LogP contribution in [0.3, 0.4) is 0 Å². The van der Waals surface area contributed by atoms with Crippen LogP contribution < -0.4 is 5.56 Å². The van der Waals surface area contributed by atoms with Crippen molar-refractivity contribution >= 4 is 5.65 Å². The Balaban J connectivity index is 1.93. The van der Waals surface area contributed by atoms with Crippen LogP contribution in [0.4, 0.5) is 4.39 Å². The number of aromatic amines is 1. The molecule has 0 spiro atoms. The third-order valence-corrected chi connectivity index (χ3v) is 4.34. The average Bonchev–Trinajstić information content (AvgIpc) is 3.28. The Bertz CT molecular complexity index is 1240. The van der Waals surface area contributed by atoms with Crippen molar-refractivity contribution in [1.29, 1.82) is 5.26 Å². The lowest BCUT2D eigenvalue weighted by Crippen LogP contribution is -2.22. The summed E-state index contributed by atoms with van der Waals surface area (Å²) in [5.41, 5.74) is 2.66. The first-order valence-corrected chi connectivity index (χ1v) is 8.34. The molecule has 0 saturated carbocycles. The number of rotatable bonds is 3. The minimum atomic E-state index is -0.329. The molecule has 0 bridgehead atoms. The number of H-pyrrole nitrogens is 1. The molecule has 0 atom stereocenters. The molecule has 4 aromatic rings. The minimum Gasteiger partial charge on any atom is -0.295 e. The Morgan fingerprint density at radius 3 is 2.67 bits per heavy atom. The predicted octanol–water partition coefficient (Wildman–Crippen LogP) is 3.01. The maximum atomic E-state index is 13.1. The van der Waals surface area contributed by atoms with Gasteiger partial charge in [0, 0.05) is 23.5 Å². The van der Waals surface area contributed by atoms with Gasteiger partial charge in [0.1, 0.15) is 17.4 Å². The number of benzene rings is 1. The Morgan fingerprint density at radius 2 is 2.00 bits per heavy atom. The van der Waals surface area contributed by atoms with Gasteiger partial charge in [0.05, 0.1) is 17.6 Å². The molecule has 1 N–H and O–H groups in total. The lowest BCUT2D eigenvalue weighted by molar-refractivity contribution is 0.627.